The maximum atomic E-state index is 14.4. The van der Waals surface area contributed by atoms with E-state index in [4.69, 9.17) is 0 Å². The molecule has 0 aromatic heterocycles. The third-order valence-electron chi connectivity index (χ3n) is 7.23. The Morgan fingerprint density at radius 2 is 1.33 bits per heavy atom. The Morgan fingerprint density at radius 1 is 0.767 bits per heavy atom. The van der Waals surface area contributed by atoms with Crippen LogP contribution in [0.1, 0.15) is 36.5 Å². The number of aryl methyl sites for hydroxylation is 1. The molecule has 0 heterocycles. The molecule has 1 atom stereocenters. The van der Waals surface area contributed by atoms with Crippen LogP contribution in [0, 0.1) is 6.92 Å². The van der Waals surface area contributed by atoms with E-state index in [1.54, 1.807) is 54.6 Å². The number of nitrogens with one attached hydrogen (secondary N) is 1. The summed E-state index contributed by atoms with van der Waals surface area (Å²) >= 11 is 0. The minimum Gasteiger partial charge on any atom is -0.354 e. The quantitative estimate of drug-likeness (QED) is 0.188. The lowest BCUT2D eigenvalue weighted by atomic mass is 10.0. The molecular weight excluding hydrogens is 558 g/mol. The van der Waals surface area contributed by atoms with Gasteiger partial charge in [-0.1, -0.05) is 110 Å². The van der Waals surface area contributed by atoms with Crippen LogP contribution < -0.4 is 9.62 Å². The van der Waals surface area contributed by atoms with Crippen LogP contribution in [0.5, 0.6) is 0 Å². The van der Waals surface area contributed by atoms with Gasteiger partial charge >= 0.3 is 0 Å². The van der Waals surface area contributed by atoms with Gasteiger partial charge in [0.05, 0.1) is 10.6 Å². The van der Waals surface area contributed by atoms with Crippen molar-refractivity contribution < 1.29 is 18.0 Å². The SMILES string of the molecule is CCCCNC(=O)[C@@H](Cc1ccccc1)N(Cc1ccccc1)C(=O)CN(c1ccccc1)S(=O)(=O)c1ccc(C)cc1. The molecule has 0 spiro atoms. The summed E-state index contributed by atoms with van der Waals surface area (Å²) < 4.78 is 29.1. The molecule has 2 amide bonds. The van der Waals surface area contributed by atoms with Crippen molar-refractivity contribution in [3.63, 3.8) is 0 Å². The number of sulfonamides is 1. The number of hydrogen-bond acceptors (Lipinski definition) is 4. The number of rotatable bonds is 14. The van der Waals surface area contributed by atoms with Gasteiger partial charge in [-0.3, -0.25) is 13.9 Å². The van der Waals surface area contributed by atoms with Gasteiger partial charge in [0.1, 0.15) is 12.6 Å². The lowest BCUT2D eigenvalue weighted by Crippen LogP contribution is -2.53. The number of nitrogens with zero attached hydrogens (tertiary/aromatic N) is 2. The fourth-order valence-corrected chi connectivity index (χ4v) is 6.21. The molecule has 224 valence electrons. The number of para-hydroxylation sites is 1. The monoisotopic (exact) mass is 597 g/mol. The lowest BCUT2D eigenvalue weighted by Gasteiger charge is -2.34. The van der Waals surface area contributed by atoms with Gasteiger partial charge in [-0.2, -0.15) is 0 Å². The summed E-state index contributed by atoms with van der Waals surface area (Å²) in [6.07, 6.45) is 2.01. The first-order valence-corrected chi connectivity index (χ1v) is 16.0. The Morgan fingerprint density at radius 3 is 1.91 bits per heavy atom. The average Bonchev–Trinajstić information content (AvgIpc) is 3.03. The first-order valence-electron chi connectivity index (χ1n) is 14.6. The van der Waals surface area contributed by atoms with Gasteiger partial charge in [-0.15, -0.1) is 0 Å². The number of carbonyl (C=O) groups excluding carboxylic acids is 2. The van der Waals surface area contributed by atoms with Gasteiger partial charge < -0.3 is 10.2 Å². The highest BCUT2D eigenvalue weighted by molar-refractivity contribution is 7.92. The minimum absolute atomic E-state index is 0.0857. The molecule has 43 heavy (non-hydrogen) atoms. The van der Waals surface area contributed by atoms with Crippen molar-refractivity contribution in [3.05, 3.63) is 132 Å². The van der Waals surface area contributed by atoms with Crippen molar-refractivity contribution in [2.24, 2.45) is 0 Å². The van der Waals surface area contributed by atoms with E-state index >= 15 is 0 Å². The Hall–Kier alpha value is -4.43. The van der Waals surface area contributed by atoms with Crippen molar-refractivity contribution in [3.8, 4) is 0 Å². The molecule has 8 heteroatoms. The number of hydrogen-bond donors (Lipinski definition) is 1. The van der Waals surface area contributed by atoms with E-state index < -0.39 is 28.5 Å². The number of carbonyl (C=O) groups is 2. The summed E-state index contributed by atoms with van der Waals surface area (Å²) in [5, 5.41) is 3.01. The summed E-state index contributed by atoms with van der Waals surface area (Å²) in [5.41, 5.74) is 3.02. The van der Waals surface area contributed by atoms with Gasteiger partial charge in [-0.25, -0.2) is 8.42 Å². The summed E-state index contributed by atoms with van der Waals surface area (Å²) in [5.74, 6) is -0.746. The maximum Gasteiger partial charge on any atom is 0.264 e. The fourth-order valence-electron chi connectivity index (χ4n) is 4.80. The predicted octanol–water partition coefficient (Wildman–Crippen LogP) is 5.75. The van der Waals surface area contributed by atoms with Crippen LogP contribution in [-0.2, 0) is 32.6 Å². The second-order valence-electron chi connectivity index (χ2n) is 10.5. The smallest absolute Gasteiger partial charge is 0.264 e. The molecule has 4 rings (SSSR count). The topological polar surface area (TPSA) is 86.8 Å². The minimum atomic E-state index is -4.11. The van der Waals surface area contributed by atoms with E-state index in [0.29, 0.717) is 12.2 Å². The average molecular weight is 598 g/mol. The molecule has 0 aliphatic heterocycles. The third-order valence-corrected chi connectivity index (χ3v) is 9.02. The Kier molecular flexibility index (Phi) is 11.1. The number of amides is 2. The van der Waals surface area contributed by atoms with Gasteiger partial charge in [0, 0.05) is 19.5 Å². The van der Waals surface area contributed by atoms with Gasteiger partial charge in [0.25, 0.3) is 10.0 Å². The molecule has 0 aliphatic rings. The van der Waals surface area contributed by atoms with Crippen molar-refractivity contribution >= 4 is 27.5 Å². The summed E-state index contributed by atoms with van der Waals surface area (Å²) in [7, 11) is -4.11. The van der Waals surface area contributed by atoms with Crippen molar-refractivity contribution in [1.82, 2.24) is 10.2 Å². The first kappa shape index (κ1) is 31.5. The van der Waals surface area contributed by atoms with Crippen molar-refractivity contribution in [1.29, 1.82) is 0 Å². The normalized spacial score (nSPS) is 11.9. The van der Waals surface area contributed by atoms with Gasteiger partial charge in [0.15, 0.2) is 0 Å². The van der Waals surface area contributed by atoms with Crippen LogP contribution in [0.15, 0.2) is 120 Å². The number of unbranched alkanes of at least 4 members (excludes halogenated alkanes) is 1. The van der Waals surface area contributed by atoms with E-state index in [2.05, 4.69) is 5.32 Å². The van der Waals surface area contributed by atoms with E-state index in [9.17, 15) is 18.0 Å². The van der Waals surface area contributed by atoms with Crippen LogP contribution in [0.4, 0.5) is 5.69 Å². The van der Waals surface area contributed by atoms with E-state index in [0.717, 1.165) is 33.8 Å². The summed E-state index contributed by atoms with van der Waals surface area (Å²) in [4.78, 5) is 29.7. The Labute approximate surface area is 255 Å². The molecule has 1 N–H and O–H groups in total. The molecule has 0 aliphatic carbocycles. The molecule has 0 fully saturated rings. The fraction of sp³-hybridized carbons (Fsp3) is 0.257. The molecule has 0 saturated carbocycles. The van der Waals surface area contributed by atoms with E-state index in [1.165, 1.54) is 4.90 Å². The van der Waals surface area contributed by atoms with Crippen molar-refractivity contribution in [2.45, 2.75) is 50.6 Å². The summed E-state index contributed by atoms with van der Waals surface area (Å²) in [6, 6.07) is 33.3. The molecular formula is C35H39N3O4S. The van der Waals surface area contributed by atoms with Crippen LogP contribution >= 0.6 is 0 Å². The lowest BCUT2D eigenvalue weighted by molar-refractivity contribution is -0.140. The van der Waals surface area contributed by atoms with E-state index in [1.807, 2.05) is 74.5 Å². The van der Waals surface area contributed by atoms with Crippen LogP contribution in [0.25, 0.3) is 0 Å². The molecule has 0 saturated heterocycles. The van der Waals surface area contributed by atoms with Gasteiger partial charge in [0.2, 0.25) is 11.8 Å². The van der Waals surface area contributed by atoms with E-state index in [-0.39, 0.29) is 23.8 Å². The first-order chi connectivity index (χ1) is 20.8. The highest BCUT2D eigenvalue weighted by Crippen LogP contribution is 2.25. The molecule has 7 nitrogen and oxygen atoms in total. The van der Waals surface area contributed by atoms with Crippen LogP contribution in [-0.4, -0.2) is 44.3 Å². The van der Waals surface area contributed by atoms with Gasteiger partial charge in [-0.05, 0) is 48.7 Å². The molecule has 0 radical (unpaired) electrons. The highest BCUT2D eigenvalue weighted by Gasteiger charge is 2.34. The standard InChI is InChI=1S/C35H39N3O4S/c1-3-4-24-36-35(40)33(25-29-14-8-5-9-15-29)37(26-30-16-10-6-11-17-30)34(39)27-38(31-18-12-7-13-19-31)43(41,42)32-22-20-28(2)21-23-32/h5-23,33H,3-4,24-27H2,1-2H3,(H,36,40)/t33-/m1/s1. The third kappa shape index (κ3) is 8.55. The molecule has 4 aromatic carbocycles. The van der Waals surface area contributed by atoms with Crippen LogP contribution in [0.3, 0.4) is 0 Å². The Balaban J connectivity index is 1.75. The molecule has 0 bridgehead atoms. The second kappa shape index (κ2) is 15.2. The largest absolute Gasteiger partial charge is 0.354 e. The maximum absolute atomic E-state index is 14.4. The number of benzene rings is 4. The Bertz CT molecular complexity index is 1560. The van der Waals surface area contributed by atoms with Crippen molar-refractivity contribution in [2.75, 3.05) is 17.4 Å². The zero-order valence-electron chi connectivity index (χ0n) is 24.7. The molecule has 0 unspecified atom stereocenters. The zero-order chi connectivity index (χ0) is 30.7. The zero-order valence-corrected chi connectivity index (χ0v) is 25.5. The molecule has 4 aromatic rings. The summed E-state index contributed by atoms with van der Waals surface area (Å²) in [6.45, 7) is 4.10. The second-order valence-corrected chi connectivity index (χ2v) is 12.4. The highest BCUT2D eigenvalue weighted by atomic mass is 32.2. The predicted molar refractivity (Wildman–Crippen MR) is 171 cm³/mol. The van der Waals surface area contributed by atoms with Crippen LogP contribution in [0.2, 0.25) is 0 Å². The number of anilines is 1.